The van der Waals surface area contributed by atoms with Crippen LogP contribution in [-0.2, 0) is 20.0 Å². The summed E-state index contributed by atoms with van der Waals surface area (Å²) >= 11 is 0. The van der Waals surface area contributed by atoms with E-state index in [1.165, 1.54) is 38.4 Å². The van der Waals surface area contributed by atoms with Crippen LogP contribution in [0.25, 0.3) is 11.0 Å². The van der Waals surface area contributed by atoms with Gasteiger partial charge in [-0.15, -0.1) is 0 Å². The molecule has 0 bridgehead atoms. The summed E-state index contributed by atoms with van der Waals surface area (Å²) in [5.74, 6) is 1.08. The van der Waals surface area contributed by atoms with Crippen LogP contribution in [0.2, 0.25) is 0 Å². The summed E-state index contributed by atoms with van der Waals surface area (Å²) in [4.78, 5) is 8.38. The molecule has 2 aromatic carbocycles. The van der Waals surface area contributed by atoms with Crippen molar-refractivity contribution in [1.29, 1.82) is 0 Å². The van der Waals surface area contributed by atoms with Gasteiger partial charge in [-0.3, -0.25) is 0 Å². The lowest BCUT2D eigenvalue weighted by Crippen LogP contribution is -2.38. The van der Waals surface area contributed by atoms with Crippen LogP contribution in [0.3, 0.4) is 0 Å². The summed E-state index contributed by atoms with van der Waals surface area (Å²) in [6.45, 7) is 3.87. The van der Waals surface area contributed by atoms with Gasteiger partial charge in [0.15, 0.2) is 0 Å². The molecule has 3 heterocycles. The lowest BCUT2D eigenvalue weighted by atomic mass is 9.97. The maximum absolute atomic E-state index is 13.2. The van der Waals surface area contributed by atoms with E-state index in [-0.39, 0.29) is 15.7 Å². The van der Waals surface area contributed by atoms with Crippen molar-refractivity contribution in [2.45, 2.75) is 54.7 Å². The van der Waals surface area contributed by atoms with E-state index >= 15 is 0 Å². The molecule has 1 N–H and O–H groups in total. The fraction of sp³-hybridized carbons (Fsp3) is 0.458. The van der Waals surface area contributed by atoms with E-state index in [9.17, 15) is 16.8 Å². The Hall–Kier alpha value is -2.27. The van der Waals surface area contributed by atoms with Crippen molar-refractivity contribution < 1.29 is 16.8 Å². The third-order valence-electron chi connectivity index (χ3n) is 6.91. The quantitative estimate of drug-likeness (QED) is 0.574. The van der Waals surface area contributed by atoms with Gasteiger partial charge in [0.25, 0.3) is 0 Å². The zero-order valence-electron chi connectivity index (χ0n) is 19.3. The molecule has 8 nitrogen and oxygen atoms in total. The smallest absolute Gasteiger partial charge is 0.243 e. The first-order valence-electron chi connectivity index (χ1n) is 11.8. The molecule has 0 radical (unpaired) electrons. The molecule has 0 unspecified atom stereocenters. The first kappa shape index (κ1) is 23.5. The number of rotatable bonds is 5. The number of H-pyrrole nitrogens is 1. The first-order chi connectivity index (χ1) is 16.2. The number of hydrogen-bond acceptors (Lipinski definition) is 5. The zero-order valence-corrected chi connectivity index (χ0v) is 20.9. The number of nitrogens with zero attached hydrogens (tertiary/aromatic N) is 3. The molecule has 5 rings (SSSR count). The maximum atomic E-state index is 13.2. The summed E-state index contributed by atoms with van der Waals surface area (Å²) in [5.41, 5.74) is 3.10. The number of aromatic amines is 1. The fourth-order valence-corrected chi connectivity index (χ4v) is 7.88. The molecule has 0 atom stereocenters. The summed E-state index contributed by atoms with van der Waals surface area (Å²) < 4.78 is 55.1. The average molecular weight is 503 g/mol. The Morgan fingerprint density at radius 1 is 0.794 bits per heavy atom. The van der Waals surface area contributed by atoms with Crippen LogP contribution >= 0.6 is 0 Å². The second-order valence-corrected chi connectivity index (χ2v) is 13.1. The van der Waals surface area contributed by atoms with E-state index in [0.717, 1.165) is 36.1 Å². The summed E-state index contributed by atoms with van der Waals surface area (Å²) in [5, 5.41) is 0. The normalized spacial score (nSPS) is 19.6. The van der Waals surface area contributed by atoms with Gasteiger partial charge in [0.05, 0.1) is 20.8 Å². The molecule has 2 aliphatic heterocycles. The second-order valence-electron chi connectivity index (χ2n) is 9.26. The van der Waals surface area contributed by atoms with Gasteiger partial charge in [-0.2, -0.15) is 8.61 Å². The van der Waals surface area contributed by atoms with Crippen molar-refractivity contribution in [3.63, 3.8) is 0 Å². The summed E-state index contributed by atoms with van der Waals surface area (Å²) in [7, 11) is -7.28. The molecule has 3 aromatic rings. The molecule has 0 aliphatic carbocycles. The molecule has 2 fully saturated rings. The van der Waals surface area contributed by atoms with E-state index in [0.29, 0.717) is 39.0 Å². The number of imidazole rings is 1. The van der Waals surface area contributed by atoms with Gasteiger partial charge in [-0.1, -0.05) is 12.5 Å². The van der Waals surface area contributed by atoms with Crippen molar-refractivity contribution in [1.82, 2.24) is 18.6 Å². The second kappa shape index (κ2) is 9.07. The average Bonchev–Trinajstić information content (AvgIpc) is 3.28. The number of nitrogens with one attached hydrogen (secondary N) is 1. The summed E-state index contributed by atoms with van der Waals surface area (Å²) in [6.07, 6.45) is 4.11. The van der Waals surface area contributed by atoms with Crippen molar-refractivity contribution in [3.05, 3.63) is 53.9 Å². The van der Waals surface area contributed by atoms with E-state index in [4.69, 9.17) is 4.98 Å². The van der Waals surface area contributed by atoms with Gasteiger partial charge in [0.1, 0.15) is 5.82 Å². The monoisotopic (exact) mass is 502 g/mol. The predicted octanol–water partition coefficient (Wildman–Crippen LogP) is 3.61. The van der Waals surface area contributed by atoms with Gasteiger partial charge in [0.2, 0.25) is 20.0 Å². The predicted molar refractivity (Wildman–Crippen MR) is 131 cm³/mol. The Morgan fingerprint density at radius 2 is 1.35 bits per heavy atom. The van der Waals surface area contributed by atoms with Gasteiger partial charge >= 0.3 is 0 Å². The number of aryl methyl sites for hydroxylation is 1. The number of hydrogen-bond donors (Lipinski definition) is 1. The van der Waals surface area contributed by atoms with Crippen molar-refractivity contribution >= 4 is 31.1 Å². The van der Waals surface area contributed by atoms with Gasteiger partial charge < -0.3 is 4.98 Å². The summed E-state index contributed by atoms with van der Waals surface area (Å²) in [6, 6.07) is 11.8. The Balaban J connectivity index is 1.28. The Kier molecular flexibility index (Phi) is 6.26. The molecule has 10 heteroatoms. The van der Waals surface area contributed by atoms with Crippen LogP contribution in [0, 0.1) is 6.92 Å². The van der Waals surface area contributed by atoms with Crippen molar-refractivity contribution in [2.75, 3.05) is 26.2 Å². The topological polar surface area (TPSA) is 103 Å². The molecular weight excluding hydrogens is 472 g/mol. The van der Waals surface area contributed by atoms with Gasteiger partial charge in [0, 0.05) is 32.1 Å². The zero-order chi connectivity index (χ0) is 23.9. The largest absolute Gasteiger partial charge is 0.342 e. The number of sulfonamides is 2. The highest BCUT2D eigenvalue weighted by molar-refractivity contribution is 7.89. The highest BCUT2D eigenvalue weighted by Crippen LogP contribution is 2.31. The van der Waals surface area contributed by atoms with Crippen LogP contribution in [-0.4, -0.2) is 61.6 Å². The molecule has 1 aromatic heterocycles. The molecule has 0 saturated carbocycles. The standard InChI is InChI=1S/C24H30N4O4S2/c1-18-5-10-22-23(17-18)26-24(25-22)19-11-15-28(16-12-19)34(31,32)21-8-6-20(7-9-21)33(29,30)27-13-3-2-4-14-27/h5-10,17,19H,2-4,11-16H2,1H3,(H,25,26). The highest BCUT2D eigenvalue weighted by atomic mass is 32.2. The minimum atomic E-state index is -3.69. The van der Waals surface area contributed by atoms with Crippen LogP contribution in [0.15, 0.2) is 52.3 Å². The Morgan fingerprint density at radius 3 is 1.94 bits per heavy atom. The molecule has 0 amide bonds. The van der Waals surface area contributed by atoms with Crippen LogP contribution < -0.4 is 0 Å². The van der Waals surface area contributed by atoms with E-state index in [1.54, 1.807) is 0 Å². The van der Waals surface area contributed by atoms with Gasteiger partial charge in [-0.25, -0.2) is 21.8 Å². The van der Waals surface area contributed by atoms with E-state index < -0.39 is 20.0 Å². The lowest BCUT2D eigenvalue weighted by molar-refractivity contribution is 0.314. The number of benzene rings is 2. The molecule has 34 heavy (non-hydrogen) atoms. The molecule has 2 aliphatic rings. The molecule has 0 spiro atoms. The Labute approximate surface area is 201 Å². The number of aromatic nitrogens is 2. The minimum absolute atomic E-state index is 0.128. The Bertz CT molecular complexity index is 1380. The third-order valence-corrected chi connectivity index (χ3v) is 10.7. The molecule has 2 saturated heterocycles. The molecular formula is C24H30N4O4S2. The minimum Gasteiger partial charge on any atom is -0.342 e. The third kappa shape index (κ3) is 4.39. The first-order valence-corrected chi connectivity index (χ1v) is 14.7. The highest BCUT2D eigenvalue weighted by Gasteiger charge is 2.32. The van der Waals surface area contributed by atoms with E-state index in [2.05, 4.69) is 11.1 Å². The van der Waals surface area contributed by atoms with E-state index in [1.807, 2.05) is 19.1 Å². The lowest BCUT2D eigenvalue weighted by Gasteiger charge is -2.30. The fourth-order valence-electron chi connectivity index (χ4n) is 4.89. The van der Waals surface area contributed by atoms with Crippen molar-refractivity contribution in [2.24, 2.45) is 0 Å². The number of piperidine rings is 2. The van der Waals surface area contributed by atoms with Gasteiger partial charge in [-0.05, 0) is 74.6 Å². The SMILES string of the molecule is Cc1ccc2nc(C3CCN(S(=O)(=O)c4ccc(S(=O)(=O)N5CCCCC5)cc4)CC3)[nH]c2c1. The van der Waals surface area contributed by atoms with Crippen molar-refractivity contribution in [3.8, 4) is 0 Å². The van der Waals surface area contributed by atoms with Crippen LogP contribution in [0.1, 0.15) is 49.4 Å². The van der Waals surface area contributed by atoms with Crippen LogP contribution in [0.5, 0.6) is 0 Å². The maximum Gasteiger partial charge on any atom is 0.243 e. The molecule has 182 valence electrons. The van der Waals surface area contributed by atoms with Crippen LogP contribution in [0.4, 0.5) is 0 Å². The number of fused-ring (bicyclic) bond motifs is 1.